The van der Waals surface area contributed by atoms with Crippen molar-refractivity contribution in [3.05, 3.63) is 83.9 Å². The zero-order valence-electron chi connectivity index (χ0n) is 18.8. The average Bonchev–Trinajstić information content (AvgIpc) is 3.58. The summed E-state index contributed by atoms with van der Waals surface area (Å²) in [5, 5.41) is 31.4. The van der Waals surface area contributed by atoms with Gasteiger partial charge in [-0.15, -0.1) is 11.3 Å². The van der Waals surface area contributed by atoms with Crippen LogP contribution in [0.4, 0.5) is 0 Å². The molecule has 1 saturated heterocycles. The monoisotopic (exact) mass is 478 g/mol. The smallest absolute Gasteiger partial charge is 0.165 e. The third-order valence-corrected chi connectivity index (χ3v) is 7.67. The molecule has 1 atom stereocenters. The van der Waals surface area contributed by atoms with E-state index >= 15 is 0 Å². The number of nitrogens with one attached hydrogen (secondary N) is 2. The molecule has 1 unspecified atom stereocenters. The molecule has 4 heterocycles. The van der Waals surface area contributed by atoms with Crippen molar-refractivity contribution in [3.63, 3.8) is 0 Å². The SMILES string of the molecule is N#Cc1c(-c2ccnnc2)sc(-c2ncn[nH]2)c1C(c1ccc2ccccc2c1)N1CCNCC1. The number of H-pyrrole nitrogens is 1. The van der Waals surface area contributed by atoms with E-state index in [9.17, 15) is 5.26 Å². The number of aromatic amines is 1. The summed E-state index contributed by atoms with van der Waals surface area (Å²) in [6, 6.07) is 19.3. The second-order valence-corrected chi connectivity index (χ2v) is 9.44. The lowest BCUT2D eigenvalue weighted by Gasteiger charge is -2.36. The molecule has 0 radical (unpaired) electrons. The number of piperazine rings is 1. The zero-order chi connectivity index (χ0) is 23.6. The van der Waals surface area contributed by atoms with Crippen LogP contribution < -0.4 is 5.32 Å². The normalized spacial score (nSPS) is 15.2. The fourth-order valence-electron chi connectivity index (χ4n) is 4.81. The molecule has 3 aromatic heterocycles. The van der Waals surface area contributed by atoms with E-state index in [0.29, 0.717) is 11.4 Å². The van der Waals surface area contributed by atoms with Crippen molar-refractivity contribution in [2.24, 2.45) is 0 Å². The molecule has 0 saturated carbocycles. The highest BCUT2D eigenvalue weighted by Crippen LogP contribution is 2.47. The first-order valence-electron chi connectivity index (χ1n) is 11.5. The molecular weight excluding hydrogens is 456 g/mol. The van der Waals surface area contributed by atoms with Gasteiger partial charge in [-0.3, -0.25) is 10.00 Å². The summed E-state index contributed by atoms with van der Waals surface area (Å²) in [4.78, 5) is 8.72. The fraction of sp³-hybridized carbons (Fsp3) is 0.192. The minimum Gasteiger partial charge on any atom is -0.314 e. The molecule has 172 valence electrons. The van der Waals surface area contributed by atoms with Crippen molar-refractivity contribution in [3.8, 4) is 27.2 Å². The number of nitrogens with zero attached hydrogens (tertiary/aromatic N) is 6. The summed E-state index contributed by atoms with van der Waals surface area (Å²) in [5.41, 5.74) is 3.62. The van der Waals surface area contributed by atoms with E-state index in [1.807, 2.05) is 6.07 Å². The number of nitriles is 1. The average molecular weight is 479 g/mol. The Kier molecular flexibility index (Phi) is 5.76. The van der Waals surface area contributed by atoms with Crippen molar-refractivity contribution < 1.29 is 0 Å². The summed E-state index contributed by atoms with van der Waals surface area (Å²) in [6.45, 7) is 3.55. The third kappa shape index (κ3) is 3.98. The highest BCUT2D eigenvalue weighted by atomic mass is 32.1. The summed E-state index contributed by atoms with van der Waals surface area (Å²) in [5.74, 6) is 0.663. The molecule has 5 aromatic rings. The first kappa shape index (κ1) is 21.6. The predicted octanol–water partition coefficient (Wildman–Crippen LogP) is 4.01. The van der Waals surface area contributed by atoms with Crippen LogP contribution in [-0.4, -0.2) is 56.5 Å². The Hall–Kier alpha value is -3.97. The van der Waals surface area contributed by atoms with Crippen LogP contribution in [0.25, 0.3) is 31.9 Å². The van der Waals surface area contributed by atoms with Crippen molar-refractivity contribution in [2.75, 3.05) is 26.2 Å². The van der Waals surface area contributed by atoms with E-state index < -0.39 is 0 Å². The first-order chi connectivity index (χ1) is 17.3. The Morgan fingerprint density at radius 1 is 1.00 bits per heavy atom. The number of hydrogen-bond donors (Lipinski definition) is 2. The van der Waals surface area contributed by atoms with E-state index in [2.05, 4.69) is 84.1 Å². The molecule has 2 N–H and O–H groups in total. The Morgan fingerprint density at radius 3 is 2.60 bits per heavy atom. The lowest BCUT2D eigenvalue weighted by molar-refractivity contribution is 0.199. The van der Waals surface area contributed by atoms with Gasteiger partial charge in [0, 0.05) is 37.3 Å². The molecule has 0 spiro atoms. The molecule has 35 heavy (non-hydrogen) atoms. The molecular formula is C26H22N8S. The maximum atomic E-state index is 10.5. The van der Waals surface area contributed by atoms with Crippen molar-refractivity contribution in [2.45, 2.75) is 6.04 Å². The molecule has 1 aliphatic heterocycles. The largest absolute Gasteiger partial charge is 0.314 e. The van der Waals surface area contributed by atoms with Crippen molar-refractivity contribution in [1.29, 1.82) is 5.26 Å². The minimum absolute atomic E-state index is 0.115. The van der Waals surface area contributed by atoms with E-state index in [0.717, 1.165) is 52.6 Å². The Morgan fingerprint density at radius 2 is 1.86 bits per heavy atom. The van der Waals surface area contributed by atoms with Gasteiger partial charge in [0.05, 0.1) is 33.8 Å². The molecule has 2 aromatic carbocycles. The molecule has 8 nitrogen and oxygen atoms in total. The maximum absolute atomic E-state index is 10.5. The van der Waals surface area contributed by atoms with Crippen molar-refractivity contribution in [1.82, 2.24) is 35.6 Å². The lowest BCUT2D eigenvalue weighted by atomic mass is 9.90. The van der Waals surface area contributed by atoms with E-state index in [4.69, 9.17) is 0 Å². The highest BCUT2D eigenvalue weighted by molar-refractivity contribution is 7.19. The summed E-state index contributed by atoms with van der Waals surface area (Å²) >= 11 is 1.55. The lowest BCUT2D eigenvalue weighted by Crippen LogP contribution is -2.45. The summed E-state index contributed by atoms with van der Waals surface area (Å²) in [7, 11) is 0. The number of rotatable bonds is 5. The predicted molar refractivity (Wildman–Crippen MR) is 136 cm³/mol. The number of thiophene rings is 1. The first-order valence-corrected chi connectivity index (χ1v) is 12.3. The number of hydrogen-bond acceptors (Lipinski definition) is 8. The molecule has 0 bridgehead atoms. The number of fused-ring (bicyclic) bond motifs is 1. The van der Waals surface area contributed by atoms with Crippen LogP contribution in [0.5, 0.6) is 0 Å². The van der Waals surface area contributed by atoms with Crippen LogP contribution in [0.3, 0.4) is 0 Å². The zero-order valence-corrected chi connectivity index (χ0v) is 19.7. The van der Waals surface area contributed by atoms with Gasteiger partial charge < -0.3 is 5.32 Å². The van der Waals surface area contributed by atoms with Gasteiger partial charge in [0.15, 0.2) is 5.82 Å². The van der Waals surface area contributed by atoms with Gasteiger partial charge in [-0.25, -0.2) is 4.98 Å². The van der Waals surface area contributed by atoms with E-state index in [-0.39, 0.29) is 6.04 Å². The Labute approximate surface area is 206 Å². The Balaban J connectivity index is 1.62. The second kappa shape index (κ2) is 9.35. The number of benzene rings is 2. The van der Waals surface area contributed by atoms with Gasteiger partial charge in [0.1, 0.15) is 12.4 Å². The summed E-state index contributed by atoms with van der Waals surface area (Å²) in [6.07, 6.45) is 4.87. The van der Waals surface area contributed by atoms with Crippen LogP contribution in [0, 0.1) is 11.3 Å². The molecule has 1 aliphatic rings. The van der Waals surface area contributed by atoms with Crippen molar-refractivity contribution >= 4 is 22.1 Å². The maximum Gasteiger partial charge on any atom is 0.165 e. The van der Waals surface area contributed by atoms with Gasteiger partial charge in [0.25, 0.3) is 0 Å². The van der Waals surface area contributed by atoms with E-state index in [1.54, 1.807) is 23.7 Å². The fourth-order valence-corrected chi connectivity index (χ4v) is 6.03. The third-order valence-electron chi connectivity index (χ3n) is 6.41. The number of aromatic nitrogens is 5. The van der Waals surface area contributed by atoms with Crippen LogP contribution in [0.15, 0.2) is 67.3 Å². The van der Waals surface area contributed by atoms with Crippen LogP contribution >= 0.6 is 11.3 Å². The Bertz CT molecular complexity index is 1500. The molecule has 1 fully saturated rings. The standard InChI is InChI=1S/C26H22N8S/c27-14-21-22(25(26-29-16-32-33-26)35-24(21)20-7-8-30-31-15-20)23(34-11-9-28-10-12-34)19-6-5-17-3-1-2-4-18(17)13-19/h1-8,13,15-16,23,28H,9-12H2,(H,29,32,33). The second-order valence-electron chi connectivity index (χ2n) is 8.42. The van der Waals surface area contributed by atoms with E-state index in [1.165, 1.54) is 17.1 Å². The molecule has 0 amide bonds. The molecule has 6 rings (SSSR count). The minimum atomic E-state index is -0.115. The van der Waals surface area contributed by atoms with Gasteiger partial charge in [-0.1, -0.05) is 36.4 Å². The molecule has 9 heteroatoms. The summed E-state index contributed by atoms with van der Waals surface area (Å²) < 4.78 is 0. The highest BCUT2D eigenvalue weighted by Gasteiger charge is 2.33. The van der Waals surface area contributed by atoms with Crippen LogP contribution in [0.1, 0.15) is 22.7 Å². The van der Waals surface area contributed by atoms with Crippen LogP contribution in [0.2, 0.25) is 0 Å². The molecule has 0 aliphatic carbocycles. The quantitative estimate of drug-likeness (QED) is 0.393. The topological polar surface area (TPSA) is 106 Å². The van der Waals surface area contributed by atoms with Gasteiger partial charge in [0.2, 0.25) is 0 Å². The van der Waals surface area contributed by atoms with Gasteiger partial charge >= 0.3 is 0 Å². The van der Waals surface area contributed by atoms with Gasteiger partial charge in [-0.05, 0) is 28.5 Å². The van der Waals surface area contributed by atoms with Crippen LogP contribution in [-0.2, 0) is 0 Å². The van der Waals surface area contributed by atoms with Gasteiger partial charge in [-0.2, -0.15) is 20.6 Å².